The molecule has 20 heavy (non-hydrogen) atoms. The topological polar surface area (TPSA) is 71.8 Å². The average molecular weight is 294 g/mol. The quantitative estimate of drug-likeness (QED) is 0.894. The van der Waals surface area contributed by atoms with E-state index in [-0.39, 0.29) is 5.28 Å². The first-order valence-electron chi connectivity index (χ1n) is 6.67. The van der Waals surface area contributed by atoms with Gasteiger partial charge >= 0.3 is 0 Å². The molecule has 8 heteroatoms. The molecule has 7 nitrogen and oxygen atoms in total. The van der Waals surface area contributed by atoms with Crippen molar-refractivity contribution in [1.29, 1.82) is 0 Å². The van der Waals surface area contributed by atoms with Gasteiger partial charge in [-0.3, -0.25) is 4.57 Å². The molecular formula is C12H16ClN7. The third-order valence-electron chi connectivity index (χ3n) is 3.24. The lowest BCUT2D eigenvalue weighted by atomic mass is 10.4. The summed E-state index contributed by atoms with van der Waals surface area (Å²) in [5, 5.41) is 3.37. The summed E-state index contributed by atoms with van der Waals surface area (Å²) in [4.78, 5) is 18.9. The van der Waals surface area contributed by atoms with Crippen LogP contribution in [-0.4, -0.2) is 55.6 Å². The molecular weight excluding hydrogens is 278 g/mol. The number of rotatable bonds is 5. The van der Waals surface area contributed by atoms with Gasteiger partial charge in [0.2, 0.25) is 17.2 Å². The molecule has 0 bridgehead atoms. The van der Waals surface area contributed by atoms with Gasteiger partial charge in [-0.1, -0.05) is 0 Å². The van der Waals surface area contributed by atoms with Crippen LogP contribution >= 0.6 is 11.6 Å². The van der Waals surface area contributed by atoms with Gasteiger partial charge in [-0.05, 0) is 37.5 Å². The molecule has 0 aromatic carbocycles. The lowest BCUT2D eigenvalue weighted by Gasteiger charge is -2.14. The van der Waals surface area contributed by atoms with E-state index in [0.717, 1.165) is 13.1 Å². The summed E-state index contributed by atoms with van der Waals surface area (Å²) in [5.41, 5.74) is 0. The third-order valence-corrected chi connectivity index (χ3v) is 3.41. The van der Waals surface area contributed by atoms with Gasteiger partial charge < -0.3 is 10.2 Å². The van der Waals surface area contributed by atoms with Crippen LogP contribution in [0.2, 0.25) is 5.28 Å². The number of aromatic nitrogens is 5. The van der Waals surface area contributed by atoms with E-state index in [4.69, 9.17) is 11.6 Å². The van der Waals surface area contributed by atoms with Crippen molar-refractivity contribution in [2.24, 2.45) is 0 Å². The highest BCUT2D eigenvalue weighted by molar-refractivity contribution is 6.28. The Hall–Kier alpha value is -1.73. The molecule has 1 N–H and O–H groups in total. The largest absolute Gasteiger partial charge is 0.353 e. The predicted molar refractivity (Wildman–Crippen MR) is 76.1 cm³/mol. The summed E-state index contributed by atoms with van der Waals surface area (Å²) in [5.74, 6) is 0.957. The molecule has 2 aromatic rings. The summed E-state index contributed by atoms with van der Waals surface area (Å²) in [6.07, 6.45) is 7.64. The summed E-state index contributed by atoms with van der Waals surface area (Å²) < 4.78 is 1.69. The lowest BCUT2D eigenvalue weighted by molar-refractivity contribution is 0.352. The molecule has 1 fully saturated rings. The van der Waals surface area contributed by atoms with Gasteiger partial charge in [-0.25, -0.2) is 4.98 Å². The molecule has 1 aliphatic rings. The van der Waals surface area contributed by atoms with Crippen LogP contribution in [0.4, 0.5) is 5.95 Å². The van der Waals surface area contributed by atoms with E-state index in [9.17, 15) is 0 Å². The smallest absolute Gasteiger partial charge is 0.241 e. The first kappa shape index (κ1) is 13.3. The Labute approximate surface area is 122 Å². The van der Waals surface area contributed by atoms with Gasteiger partial charge in [0.15, 0.2) is 0 Å². The molecule has 0 atom stereocenters. The van der Waals surface area contributed by atoms with Crippen molar-refractivity contribution in [3.63, 3.8) is 0 Å². The van der Waals surface area contributed by atoms with E-state index in [1.54, 1.807) is 23.3 Å². The maximum Gasteiger partial charge on any atom is 0.241 e. The second kappa shape index (κ2) is 6.15. The average Bonchev–Trinajstić information content (AvgIpc) is 3.11. The molecule has 0 radical (unpaired) electrons. The number of nitrogens with one attached hydrogen (secondary N) is 1. The Bertz CT molecular complexity index is 551. The molecule has 2 aromatic heterocycles. The molecule has 1 aliphatic heterocycles. The fourth-order valence-electron chi connectivity index (χ4n) is 2.24. The molecule has 3 heterocycles. The van der Waals surface area contributed by atoms with Crippen molar-refractivity contribution in [3.8, 4) is 5.95 Å². The molecule has 0 saturated carbocycles. The van der Waals surface area contributed by atoms with Crippen molar-refractivity contribution in [2.75, 3.05) is 31.5 Å². The molecule has 0 unspecified atom stereocenters. The zero-order valence-electron chi connectivity index (χ0n) is 11.0. The highest BCUT2D eigenvalue weighted by Gasteiger charge is 2.11. The maximum absolute atomic E-state index is 5.93. The van der Waals surface area contributed by atoms with Crippen molar-refractivity contribution in [1.82, 2.24) is 29.4 Å². The van der Waals surface area contributed by atoms with Crippen molar-refractivity contribution in [3.05, 3.63) is 24.0 Å². The number of hydrogen-bond acceptors (Lipinski definition) is 6. The first-order valence-corrected chi connectivity index (χ1v) is 7.05. The van der Waals surface area contributed by atoms with Gasteiger partial charge in [-0.15, -0.1) is 0 Å². The van der Waals surface area contributed by atoms with E-state index < -0.39 is 0 Å². The van der Waals surface area contributed by atoms with Gasteiger partial charge in [0.05, 0.1) is 0 Å². The predicted octanol–water partition coefficient (Wildman–Crippen LogP) is 1.22. The zero-order chi connectivity index (χ0) is 13.8. The van der Waals surface area contributed by atoms with Gasteiger partial charge in [0.1, 0.15) is 6.33 Å². The van der Waals surface area contributed by atoms with Crippen LogP contribution in [0.25, 0.3) is 5.95 Å². The van der Waals surface area contributed by atoms with Crippen LogP contribution in [-0.2, 0) is 0 Å². The highest BCUT2D eigenvalue weighted by atomic mass is 35.5. The first-order chi connectivity index (χ1) is 9.81. The van der Waals surface area contributed by atoms with Crippen LogP contribution in [0.1, 0.15) is 12.8 Å². The maximum atomic E-state index is 5.93. The van der Waals surface area contributed by atoms with Crippen molar-refractivity contribution >= 4 is 17.5 Å². The Morgan fingerprint density at radius 2 is 2.05 bits per heavy atom. The molecule has 3 rings (SSSR count). The van der Waals surface area contributed by atoms with Crippen LogP contribution in [0.5, 0.6) is 0 Å². The minimum absolute atomic E-state index is 0.173. The summed E-state index contributed by atoms with van der Waals surface area (Å²) in [6, 6.07) is 0. The Balaban J connectivity index is 1.63. The lowest BCUT2D eigenvalue weighted by Crippen LogP contribution is -2.26. The number of anilines is 1. The zero-order valence-corrected chi connectivity index (χ0v) is 11.8. The minimum atomic E-state index is 0.173. The molecule has 1 saturated heterocycles. The van der Waals surface area contributed by atoms with Crippen LogP contribution < -0.4 is 5.32 Å². The Morgan fingerprint density at radius 1 is 1.20 bits per heavy atom. The minimum Gasteiger partial charge on any atom is -0.353 e. The molecule has 0 amide bonds. The Kier molecular flexibility index (Phi) is 4.08. The van der Waals surface area contributed by atoms with Crippen LogP contribution in [0, 0.1) is 0 Å². The monoisotopic (exact) mass is 293 g/mol. The summed E-state index contributed by atoms with van der Waals surface area (Å²) in [6.45, 7) is 4.15. The number of hydrogen-bond donors (Lipinski definition) is 1. The van der Waals surface area contributed by atoms with E-state index in [1.807, 2.05) is 0 Å². The fourth-order valence-corrected chi connectivity index (χ4v) is 2.40. The fraction of sp³-hybridized carbons (Fsp3) is 0.500. The second-order valence-corrected chi connectivity index (χ2v) is 5.01. The van der Waals surface area contributed by atoms with E-state index >= 15 is 0 Å². The third kappa shape index (κ3) is 3.23. The summed E-state index contributed by atoms with van der Waals surface area (Å²) in [7, 11) is 0. The van der Waals surface area contributed by atoms with Crippen molar-refractivity contribution in [2.45, 2.75) is 12.8 Å². The SMILES string of the molecule is Clc1nc(NCCN2CCCC2)nc(-n2ccnc2)n1. The number of likely N-dealkylation sites (tertiary alicyclic amines) is 1. The second-order valence-electron chi connectivity index (χ2n) is 4.67. The van der Waals surface area contributed by atoms with E-state index in [1.165, 1.54) is 25.9 Å². The number of imidazole rings is 1. The standard InChI is InChI=1S/C12H16ClN7/c13-10-16-11(15-4-7-19-5-1-2-6-19)18-12(17-10)20-8-3-14-9-20/h3,8-9H,1-2,4-7H2,(H,15,16,17,18). The number of nitrogens with zero attached hydrogens (tertiary/aromatic N) is 6. The number of halogens is 1. The van der Waals surface area contributed by atoms with Crippen LogP contribution in [0.15, 0.2) is 18.7 Å². The van der Waals surface area contributed by atoms with Gasteiger partial charge in [-0.2, -0.15) is 15.0 Å². The molecule has 106 valence electrons. The van der Waals surface area contributed by atoms with E-state index in [2.05, 4.69) is 30.2 Å². The van der Waals surface area contributed by atoms with Crippen LogP contribution in [0.3, 0.4) is 0 Å². The molecule has 0 spiro atoms. The highest BCUT2D eigenvalue weighted by Crippen LogP contribution is 2.10. The molecule has 0 aliphatic carbocycles. The van der Waals surface area contributed by atoms with Crippen molar-refractivity contribution < 1.29 is 0 Å². The van der Waals surface area contributed by atoms with E-state index in [0.29, 0.717) is 11.9 Å². The van der Waals surface area contributed by atoms with Gasteiger partial charge in [0, 0.05) is 25.5 Å². The van der Waals surface area contributed by atoms with Gasteiger partial charge in [0.25, 0.3) is 0 Å². The summed E-state index contributed by atoms with van der Waals surface area (Å²) >= 11 is 5.93. The Morgan fingerprint density at radius 3 is 2.80 bits per heavy atom. The normalized spacial score (nSPS) is 15.7.